The van der Waals surface area contributed by atoms with Gasteiger partial charge in [0.1, 0.15) is 0 Å². The smallest absolute Gasteiger partial charge is 0.152 e. The van der Waals surface area contributed by atoms with Crippen LogP contribution in [0.3, 0.4) is 0 Å². The molecule has 1 N–H and O–H groups in total. The fraction of sp³-hybridized carbons (Fsp3) is 0.429. The Morgan fingerprint density at radius 1 is 1.35 bits per heavy atom. The molecule has 17 heavy (non-hydrogen) atoms. The lowest BCUT2D eigenvalue weighted by molar-refractivity contribution is 0.580. The van der Waals surface area contributed by atoms with Gasteiger partial charge in [0.15, 0.2) is 5.58 Å². The molecule has 0 aliphatic rings. The summed E-state index contributed by atoms with van der Waals surface area (Å²) in [6, 6.07) is 4.44. The maximum Gasteiger partial charge on any atom is 0.152 e. The molecule has 1 heterocycles. The lowest BCUT2D eigenvalue weighted by atomic mass is 10.1. The van der Waals surface area contributed by atoms with E-state index in [1.165, 1.54) is 16.5 Å². The van der Waals surface area contributed by atoms with E-state index in [-0.39, 0.29) is 0 Å². The van der Waals surface area contributed by atoms with Gasteiger partial charge in [0.2, 0.25) is 0 Å². The van der Waals surface area contributed by atoms with Gasteiger partial charge in [-0.05, 0) is 37.1 Å². The number of benzene rings is 1. The van der Waals surface area contributed by atoms with Crippen LogP contribution >= 0.6 is 11.6 Å². The van der Waals surface area contributed by atoms with Crippen molar-refractivity contribution in [2.75, 3.05) is 6.54 Å². The lowest BCUT2D eigenvalue weighted by Gasteiger charge is -2.07. The minimum absolute atomic E-state index is 0.512. The Balaban J connectivity index is 2.26. The number of rotatable bonds is 4. The molecule has 0 atom stereocenters. The number of halogens is 1. The Morgan fingerprint density at radius 3 is 2.82 bits per heavy atom. The van der Waals surface area contributed by atoms with Crippen LogP contribution in [0.15, 0.2) is 22.8 Å². The molecular formula is C14H18ClNO. The van der Waals surface area contributed by atoms with Crippen LogP contribution < -0.4 is 5.32 Å². The standard InChI is InChI=1S/C14H18ClNO/c1-9(2)16-7-6-11-8-17-14-12(15)5-4-10(3)13(11)14/h4-5,8-9,16H,6-7H2,1-3H3. The zero-order valence-corrected chi connectivity index (χ0v) is 11.3. The Labute approximate surface area is 107 Å². The summed E-state index contributed by atoms with van der Waals surface area (Å²) in [7, 11) is 0. The van der Waals surface area contributed by atoms with Gasteiger partial charge in [0.05, 0.1) is 11.3 Å². The van der Waals surface area contributed by atoms with Crippen molar-refractivity contribution in [2.45, 2.75) is 33.2 Å². The average Bonchev–Trinajstić information content (AvgIpc) is 2.68. The Morgan fingerprint density at radius 2 is 2.12 bits per heavy atom. The zero-order chi connectivity index (χ0) is 12.4. The van der Waals surface area contributed by atoms with Gasteiger partial charge in [-0.2, -0.15) is 0 Å². The molecule has 2 aromatic rings. The first kappa shape index (κ1) is 12.5. The van der Waals surface area contributed by atoms with Gasteiger partial charge >= 0.3 is 0 Å². The number of furan rings is 1. The predicted molar refractivity (Wildman–Crippen MR) is 72.8 cm³/mol. The summed E-state index contributed by atoms with van der Waals surface area (Å²) >= 11 is 6.12. The molecule has 0 saturated heterocycles. The molecule has 0 saturated carbocycles. The molecule has 0 fully saturated rings. The van der Waals surface area contributed by atoms with Crippen molar-refractivity contribution in [3.05, 3.63) is 34.5 Å². The fourth-order valence-corrected chi connectivity index (χ4v) is 2.24. The second-order valence-electron chi connectivity index (χ2n) is 4.69. The van der Waals surface area contributed by atoms with E-state index in [1.54, 1.807) is 0 Å². The third kappa shape index (κ3) is 2.64. The normalized spacial score (nSPS) is 11.6. The summed E-state index contributed by atoms with van der Waals surface area (Å²) in [6.45, 7) is 7.34. The topological polar surface area (TPSA) is 25.2 Å². The maximum absolute atomic E-state index is 6.12. The maximum atomic E-state index is 6.12. The van der Waals surface area contributed by atoms with Crippen LogP contribution in [0.4, 0.5) is 0 Å². The zero-order valence-electron chi connectivity index (χ0n) is 10.5. The van der Waals surface area contributed by atoms with Crippen molar-refractivity contribution in [2.24, 2.45) is 0 Å². The quantitative estimate of drug-likeness (QED) is 0.891. The number of hydrogen-bond donors (Lipinski definition) is 1. The first-order valence-corrected chi connectivity index (χ1v) is 6.36. The van der Waals surface area contributed by atoms with Crippen LogP contribution in [0.2, 0.25) is 5.02 Å². The van der Waals surface area contributed by atoms with E-state index >= 15 is 0 Å². The van der Waals surface area contributed by atoms with Crippen molar-refractivity contribution < 1.29 is 4.42 Å². The van der Waals surface area contributed by atoms with E-state index in [1.807, 2.05) is 18.4 Å². The van der Waals surface area contributed by atoms with Crippen LogP contribution in [-0.2, 0) is 6.42 Å². The summed E-state index contributed by atoms with van der Waals surface area (Å²) in [5, 5.41) is 5.27. The van der Waals surface area contributed by atoms with Crippen LogP contribution in [0, 0.1) is 6.92 Å². The SMILES string of the molecule is Cc1ccc(Cl)c2occ(CCNC(C)C)c12. The minimum atomic E-state index is 0.512. The number of nitrogens with one attached hydrogen (secondary N) is 1. The van der Waals surface area contributed by atoms with Crippen LogP contribution in [0.1, 0.15) is 25.0 Å². The molecule has 1 aromatic heterocycles. The van der Waals surface area contributed by atoms with Crippen LogP contribution in [-0.4, -0.2) is 12.6 Å². The van der Waals surface area contributed by atoms with Crippen molar-refractivity contribution >= 4 is 22.6 Å². The Kier molecular flexibility index (Phi) is 3.75. The number of aryl methyl sites for hydroxylation is 1. The van der Waals surface area contributed by atoms with Crippen LogP contribution in [0.25, 0.3) is 11.0 Å². The minimum Gasteiger partial charge on any atom is -0.462 e. The molecule has 0 aliphatic carbocycles. The second kappa shape index (κ2) is 5.11. The molecule has 0 bridgehead atoms. The van der Waals surface area contributed by atoms with E-state index in [2.05, 4.69) is 26.1 Å². The van der Waals surface area contributed by atoms with Crippen molar-refractivity contribution in [3.8, 4) is 0 Å². The third-order valence-electron chi connectivity index (χ3n) is 2.91. The molecule has 0 unspecified atom stereocenters. The highest BCUT2D eigenvalue weighted by Crippen LogP contribution is 2.30. The van der Waals surface area contributed by atoms with Gasteiger partial charge in [0, 0.05) is 11.4 Å². The second-order valence-corrected chi connectivity index (χ2v) is 5.10. The molecule has 0 spiro atoms. The van der Waals surface area contributed by atoms with E-state index in [4.69, 9.17) is 16.0 Å². The molecule has 0 amide bonds. The van der Waals surface area contributed by atoms with Gasteiger partial charge in [-0.15, -0.1) is 0 Å². The summed E-state index contributed by atoms with van der Waals surface area (Å²) in [5.74, 6) is 0. The Hall–Kier alpha value is -0.990. The van der Waals surface area contributed by atoms with E-state index in [0.717, 1.165) is 18.5 Å². The first-order valence-electron chi connectivity index (χ1n) is 5.98. The molecule has 92 valence electrons. The molecule has 1 aromatic carbocycles. The molecule has 0 radical (unpaired) electrons. The third-order valence-corrected chi connectivity index (χ3v) is 3.20. The van der Waals surface area contributed by atoms with Crippen molar-refractivity contribution in [3.63, 3.8) is 0 Å². The molecule has 2 rings (SSSR count). The summed E-state index contributed by atoms with van der Waals surface area (Å²) in [4.78, 5) is 0. The van der Waals surface area contributed by atoms with Crippen LogP contribution in [0.5, 0.6) is 0 Å². The first-order chi connectivity index (χ1) is 8.09. The van der Waals surface area contributed by atoms with Crippen molar-refractivity contribution in [1.82, 2.24) is 5.32 Å². The van der Waals surface area contributed by atoms with E-state index in [0.29, 0.717) is 11.1 Å². The van der Waals surface area contributed by atoms with E-state index in [9.17, 15) is 0 Å². The van der Waals surface area contributed by atoms with Gasteiger partial charge in [-0.1, -0.05) is 31.5 Å². The number of fused-ring (bicyclic) bond motifs is 1. The summed E-state index contributed by atoms with van der Waals surface area (Å²) in [5.41, 5.74) is 3.26. The highest BCUT2D eigenvalue weighted by atomic mass is 35.5. The van der Waals surface area contributed by atoms with Gasteiger partial charge in [0.25, 0.3) is 0 Å². The summed E-state index contributed by atoms with van der Waals surface area (Å²) in [6.07, 6.45) is 2.79. The largest absolute Gasteiger partial charge is 0.462 e. The average molecular weight is 252 g/mol. The molecular weight excluding hydrogens is 234 g/mol. The molecule has 0 aliphatic heterocycles. The molecule has 3 heteroatoms. The monoisotopic (exact) mass is 251 g/mol. The van der Waals surface area contributed by atoms with E-state index < -0.39 is 0 Å². The predicted octanol–water partition coefficient (Wildman–Crippen LogP) is 3.94. The van der Waals surface area contributed by atoms with Crippen molar-refractivity contribution in [1.29, 1.82) is 0 Å². The highest BCUT2D eigenvalue weighted by Gasteiger charge is 2.11. The fourth-order valence-electron chi connectivity index (χ4n) is 2.04. The number of hydrogen-bond acceptors (Lipinski definition) is 2. The summed E-state index contributed by atoms with van der Waals surface area (Å²) < 4.78 is 5.56. The Bertz CT molecular complexity index is 516. The lowest BCUT2D eigenvalue weighted by Crippen LogP contribution is -2.24. The van der Waals surface area contributed by atoms with Gasteiger partial charge in [-0.25, -0.2) is 0 Å². The highest BCUT2D eigenvalue weighted by molar-refractivity contribution is 6.35. The van der Waals surface area contributed by atoms with Gasteiger partial charge in [-0.3, -0.25) is 0 Å². The van der Waals surface area contributed by atoms with Gasteiger partial charge < -0.3 is 9.73 Å². The molecule has 2 nitrogen and oxygen atoms in total.